The molecule has 1 heterocycles. The van der Waals surface area contributed by atoms with Gasteiger partial charge in [-0.05, 0) is 31.0 Å². The maximum Gasteiger partial charge on any atom is 0.258 e. The summed E-state index contributed by atoms with van der Waals surface area (Å²) in [6.07, 6.45) is 3.64. The van der Waals surface area contributed by atoms with Gasteiger partial charge in [-0.15, -0.1) is 0 Å². The Labute approximate surface area is 134 Å². The lowest BCUT2D eigenvalue weighted by Crippen LogP contribution is -2.18. The average Bonchev–Trinajstić information content (AvgIpc) is 2.80. The van der Waals surface area contributed by atoms with E-state index in [1.807, 2.05) is 19.1 Å². The van der Waals surface area contributed by atoms with Crippen LogP contribution in [0.4, 0.5) is 5.69 Å². The van der Waals surface area contributed by atoms with Gasteiger partial charge in [-0.25, -0.2) is 0 Å². The molecule has 0 bridgehead atoms. The van der Waals surface area contributed by atoms with E-state index in [4.69, 9.17) is 17.0 Å². The summed E-state index contributed by atoms with van der Waals surface area (Å²) in [7, 11) is 1.75. The van der Waals surface area contributed by atoms with E-state index in [1.54, 1.807) is 20.2 Å². The third-order valence-corrected chi connectivity index (χ3v) is 3.83. The van der Waals surface area contributed by atoms with Gasteiger partial charge in [0, 0.05) is 41.4 Å². The minimum atomic E-state index is -0.168. The van der Waals surface area contributed by atoms with E-state index >= 15 is 0 Å². The molecule has 0 unspecified atom stereocenters. The van der Waals surface area contributed by atoms with Crippen molar-refractivity contribution in [2.24, 2.45) is 0 Å². The van der Waals surface area contributed by atoms with Crippen LogP contribution < -0.4 is 16.0 Å². The van der Waals surface area contributed by atoms with Crippen LogP contribution in [-0.4, -0.2) is 19.2 Å². The molecule has 116 valence electrons. The Kier molecular flexibility index (Phi) is 4.88. The average molecular weight is 319 g/mol. The fourth-order valence-corrected chi connectivity index (χ4v) is 2.72. The highest BCUT2D eigenvalue weighted by atomic mass is 35.5. The number of anilines is 1. The largest absolute Gasteiger partial charge is 0.392 e. The van der Waals surface area contributed by atoms with Crippen LogP contribution in [0.25, 0.3) is 5.57 Å². The van der Waals surface area contributed by atoms with Crippen LogP contribution in [0.15, 0.2) is 29.7 Å². The second kappa shape index (κ2) is 6.66. The Morgan fingerprint density at radius 2 is 2.18 bits per heavy atom. The fourth-order valence-electron chi connectivity index (χ4n) is 2.43. The molecule has 0 atom stereocenters. The number of carbonyl (C=O) groups is 1. The molecule has 1 aliphatic heterocycles. The molecule has 0 aromatic heterocycles. The number of aryl methyl sites for hydroxylation is 1. The summed E-state index contributed by atoms with van der Waals surface area (Å²) in [6, 6.07) is 3.73. The van der Waals surface area contributed by atoms with Gasteiger partial charge in [0.1, 0.15) is 0 Å². The topological polar surface area (TPSA) is 77.0 Å². The first-order chi connectivity index (χ1) is 10.5. The second-order valence-corrected chi connectivity index (χ2v) is 5.36. The molecule has 0 fully saturated rings. The minimum Gasteiger partial charge on any atom is -0.392 e. The Bertz CT molecular complexity index is 692. The Balaban J connectivity index is 2.47. The summed E-state index contributed by atoms with van der Waals surface area (Å²) in [6.45, 7) is 3.82. The predicted molar refractivity (Wildman–Crippen MR) is 91.1 cm³/mol. The van der Waals surface area contributed by atoms with Crippen LogP contribution in [0.5, 0.6) is 0 Å². The first-order valence-corrected chi connectivity index (χ1v) is 7.39. The van der Waals surface area contributed by atoms with Gasteiger partial charge in [0.05, 0.1) is 11.3 Å². The van der Waals surface area contributed by atoms with Crippen molar-refractivity contribution in [1.82, 2.24) is 10.6 Å². The van der Waals surface area contributed by atoms with E-state index in [-0.39, 0.29) is 5.91 Å². The van der Waals surface area contributed by atoms with E-state index in [1.165, 1.54) is 6.21 Å². The lowest BCUT2D eigenvalue weighted by Gasteiger charge is -2.10. The number of hydrogen-bond donors (Lipinski definition) is 4. The smallest absolute Gasteiger partial charge is 0.258 e. The Morgan fingerprint density at radius 3 is 2.77 bits per heavy atom. The van der Waals surface area contributed by atoms with Gasteiger partial charge in [0.25, 0.3) is 5.91 Å². The van der Waals surface area contributed by atoms with Crippen LogP contribution in [-0.2, 0) is 11.2 Å². The highest BCUT2D eigenvalue weighted by Crippen LogP contribution is 2.37. The van der Waals surface area contributed by atoms with Gasteiger partial charge in [-0.3, -0.25) is 4.79 Å². The number of carbonyl (C=O) groups excluding carboxylic acids is 1. The van der Waals surface area contributed by atoms with E-state index < -0.39 is 0 Å². The molecule has 1 aromatic rings. The number of fused-ring (bicyclic) bond motifs is 1. The van der Waals surface area contributed by atoms with Gasteiger partial charge in [0.2, 0.25) is 0 Å². The molecule has 1 aromatic carbocycles. The van der Waals surface area contributed by atoms with Crippen molar-refractivity contribution >= 4 is 35.0 Å². The van der Waals surface area contributed by atoms with Crippen molar-refractivity contribution in [3.63, 3.8) is 0 Å². The van der Waals surface area contributed by atoms with Crippen molar-refractivity contribution < 1.29 is 4.79 Å². The van der Waals surface area contributed by atoms with Gasteiger partial charge >= 0.3 is 0 Å². The molecular weight excluding hydrogens is 300 g/mol. The van der Waals surface area contributed by atoms with Gasteiger partial charge in [-0.2, -0.15) is 0 Å². The number of amides is 1. The lowest BCUT2D eigenvalue weighted by atomic mass is 10.0. The number of nitrogens with one attached hydrogen (secondary N) is 4. The molecule has 5 nitrogen and oxygen atoms in total. The number of benzene rings is 1. The van der Waals surface area contributed by atoms with Crippen LogP contribution in [0, 0.1) is 5.41 Å². The third-order valence-electron chi connectivity index (χ3n) is 3.47. The molecule has 4 N–H and O–H groups in total. The summed E-state index contributed by atoms with van der Waals surface area (Å²) < 4.78 is 0. The van der Waals surface area contributed by atoms with E-state index in [2.05, 4.69) is 16.0 Å². The van der Waals surface area contributed by atoms with Crippen LogP contribution in [0.1, 0.15) is 25.0 Å². The summed E-state index contributed by atoms with van der Waals surface area (Å²) >= 11 is 6.27. The normalized spacial score (nSPS) is 16.0. The summed E-state index contributed by atoms with van der Waals surface area (Å²) in [5.41, 5.74) is 4.33. The number of rotatable bonds is 5. The first-order valence-electron chi connectivity index (χ1n) is 7.01. The van der Waals surface area contributed by atoms with Gasteiger partial charge in [-0.1, -0.05) is 18.5 Å². The molecule has 0 aliphatic carbocycles. The molecule has 1 amide bonds. The zero-order valence-electron chi connectivity index (χ0n) is 12.8. The van der Waals surface area contributed by atoms with Gasteiger partial charge in [0.15, 0.2) is 0 Å². The highest BCUT2D eigenvalue weighted by Gasteiger charge is 2.27. The minimum absolute atomic E-state index is 0.168. The summed E-state index contributed by atoms with van der Waals surface area (Å²) in [5.74, 6) is -0.168. The van der Waals surface area contributed by atoms with Gasteiger partial charge < -0.3 is 21.4 Å². The molecule has 0 saturated heterocycles. The monoisotopic (exact) mass is 318 g/mol. The van der Waals surface area contributed by atoms with Crippen molar-refractivity contribution in [2.45, 2.75) is 20.3 Å². The second-order valence-electron chi connectivity index (χ2n) is 4.95. The Morgan fingerprint density at radius 1 is 1.45 bits per heavy atom. The molecule has 1 aliphatic rings. The molecule has 0 spiro atoms. The summed E-state index contributed by atoms with van der Waals surface area (Å²) in [5, 5.41) is 16.8. The maximum absolute atomic E-state index is 12.3. The van der Waals surface area contributed by atoms with E-state index in [0.717, 1.165) is 23.2 Å². The number of allylic oxidation sites excluding steroid dienone is 2. The number of hydrogen-bond acceptors (Lipinski definition) is 4. The number of halogens is 1. The predicted octanol–water partition coefficient (Wildman–Crippen LogP) is 2.89. The van der Waals surface area contributed by atoms with Crippen molar-refractivity contribution in [3.05, 3.63) is 45.9 Å². The van der Waals surface area contributed by atoms with Crippen molar-refractivity contribution in [1.29, 1.82) is 5.41 Å². The van der Waals surface area contributed by atoms with Crippen molar-refractivity contribution in [3.8, 4) is 0 Å². The Hall–Kier alpha value is -2.27. The molecular formula is C16H19ClN4O. The fraction of sp³-hybridized carbons (Fsp3) is 0.250. The van der Waals surface area contributed by atoms with E-state index in [0.29, 0.717) is 22.0 Å². The van der Waals surface area contributed by atoms with Crippen molar-refractivity contribution in [2.75, 3.05) is 12.4 Å². The zero-order chi connectivity index (χ0) is 16.3. The van der Waals surface area contributed by atoms with Crippen LogP contribution >= 0.6 is 11.6 Å². The molecule has 0 saturated carbocycles. The maximum atomic E-state index is 12.3. The van der Waals surface area contributed by atoms with Crippen LogP contribution in [0.3, 0.4) is 0 Å². The zero-order valence-corrected chi connectivity index (χ0v) is 13.6. The van der Waals surface area contributed by atoms with E-state index in [9.17, 15) is 4.79 Å². The third kappa shape index (κ3) is 2.99. The summed E-state index contributed by atoms with van der Waals surface area (Å²) in [4.78, 5) is 12.3. The lowest BCUT2D eigenvalue weighted by molar-refractivity contribution is -0.110. The molecule has 22 heavy (non-hydrogen) atoms. The molecule has 0 radical (unpaired) electrons. The van der Waals surface area contributed by atoms with Crippen LogP contribution in [0.2, 0.25) is 5.02 Å². The molecule has 6 heteroatoms. The SMILES string of the molecule is CCc1cc2c(cc1Cl)/C(=C(\C)N/C(C=N)=C/NC)C(=O)N2. The highest BCUT2D eigenvalue weighted by molar-refractivity contribution is 6.35. The molecule has 2 rings (SSSR count). The first kappa shape index (κ1) is 16.1. The standard InChI is InChI=1S/C16H19ClN4O/c1-4-10-5-14-12(6-13(10)17)15(16(22)21-14)9(2)20-11(7-18)8-19-3/h5-8,18-20H,4H2,1-3H3,(H,21,22)/b11-8+,15-9-,18-7?. The quantitative estimate of drug-likeness (QED) is 0.498.